The summed E-state index contributed by atoms with van der Waals surface area (Å²) in [7, 11) is 1.89. The Bertz CT molecular complexity index is 1820. The van der Waals surface area contributed by atoms with Crippen LogP contribution in [0.5, 0.6) is 0 Å². The van der Waals surface area contributed by atoms with Crippen molar-refractivity contribution in [3.05, 3.63) is 88.6 Å². The molecule has 5 amide bonds. The minimum absolute atomic E-state index is 0.00221. The number of pyridine rings is 1. The number of rotatable bonds is 9. The normalized spacial score (nSPS) is 20.5. The molecule has 3 aromatic rings. The number of carbonyl (C=O) groups is 4. The van der Waals surface area contributed by atoms with E-state index in [-0.39, 0.29) is 36.8 Å². The Balaban J connectivity index is 1.08. The quantitative estimate of drug-likeness (QED) is 0.311. The lowest BCUT2D eigenvalue weighted by Crippen LogP contribution is -2.55. The highest BCUT2D eigenvalue weighted by atomic mass is 16.5. The topological polar surface area (TPSA) is 136 Å². The fraction of sp³-hybridized carbons (Fsp3) is 0.462. The van der Waals surface area contributed by atoms with Crippen molar-refractivity contribution in [1.29, 1.82) is 0 Å². The second-order valence-electron chi connectivity index (χ2n) is 14.3. The molecule has 1 atom stereocenters. The number of ether oxygens (including phenoxy) is 1. The van der Waals surface area contributed by atoms with Gasteiger partial charge in [-0.1, -0.05) is 43.3 Å². The average molecular weight is 694 g/mol. The number of likely N-dealkylation sites (tertiary alicyclic amines) is 1. The fourth-order valence-corrected chi connectivity index (χ4v) is 8.33. The molecule has 268 valence electrons. The van der Waals surface area contributed by atoms with Crippen LogP contribution in [0.4, 0.5) is 16.3 Å². The van der Waals surface area contributed by atoms with Crippen LogP contribution in [0.1, 0.15) is 54.0 Å². The largest absolute Gasteiger partial charge is 0.378 e. The number of nitrogens with one attached hydrogen (secondary N) is 3. The third kappa shape index (κ3) is 6.70. The number of nitrogens with zero attached hydrogens (tertiary/aromatic N) is 4. The first-order valence-electron chi connectivity index (χ1n) is 18.1. The maximum Gasteiger partial charge on any atom is 0.320 e. The minimum atomic E-state index is -0.699. The molecule has 3 aliphatic heterocycles. The van der Waals surface area contributed by atoms with Gasteiger partial charge in [0.15, 0.2) is 0 Å². The summed E-state index contributed by atoms with van der Waals surface area (Å²) in [6.07, 6.45) is 4.46. The summed E-state index contributed by atoms with van der Waals surface area (Å²) in [5, 5.41) is 9.21. The van der Waals surface area contributed by atoms with Crippen LogP contribution in [0, 0.1) is 5.41 Å². The zero-order valence-corrected chi connectivity index (χ0v) is 29.5. The van der Waals surface area contributed by atoms with Crippen LogP contribution in [-0.4, -0.2) is 96.4 Å². The molecule has 4 aliphatic rings. The number of piperidine rings is 1. The third-order valence-corrected chi connectivity index (χ3v) is 11.3. The molecule has 3 N–H and O–H groups in total. The Hall–Kier alpha value is -4.81. The predicted molar refractivity (Wildman–Crippen MR) is 193 cm³/mol. The van der Waals surface area contributed by atoms with Gasteiger partial charge in [-0.25, -0.2) is 9.78 Å². The van der Waals surface area contributed by atoms with Gasteiger partial charge in [-0.05, 0) is 79.6 Å². The monoisotopic (exact) mass is 693 g/mol. The maximum absolute atomic E-state index is 14.7. The Kier molecular flexibility index (Phi) is 9.80. The first-order valence-corrected chi connectivity index (χ1v) is 18.1. The van der Waals surface area contributed by atoms with E-state index in [4.69, 9.17) is 4.74 Å². The van der Waals surface area contributed by atoms with E-state index in [9.17, 15) is 19.2 Å². The standard InChI is InChI=1S/C39H47N7O5/c1-3-38(12-15-44(16-13-38)37(50)45-17-19-51-20-18-45)36(49)46(25-29-8-5-4-7-28(29)24-40-2)26-33(47)42-31-11-10-27-22-39(23-30(27)21-31)32-9-6-14-41-34(32)43-35(39)48/h4-11,14,21,40H,3,12-13,15-20,22-26H2,1-2H3,(H,42,47)(H,41,43,48)/t39-/m1/s1. The molecule has 1 spiro atoms. The Morgan fingerprint density at radius 2 is 1.67 bits per heavy atom. The predicted octanol–water partition coefficient (Wildman–Crippen LogP) is 3.70. The molecule has 0 unspecified atom stereocenters. The molecule has 4 heterocycles. The molecule has 0 bridgehead atoms. The van der Waals surface area contributed by atoms with Crippen molar-refractivity contribution in [3.8, 4) is 0 Å². The maximum atomic E-state index is 14.7. The van der Waals surface area contributed by atoms with Crippen molar-refractivity contribution in [2.24, 2.45) is 5.41 Å². The number of hydrogen-bond donors (Lipinski definition) is 3. The van der Waals surface area contributed by atoms with Gasteiger partial charge in [0.25, 0.3) is 0 Å². The van der Waals surface area contributed by atoms with Crippen LogP contribution in [0.2, 0.25) is 0 Å². The zero-order valence-electron chi connectivity index (χ0n) is 29.5. The molecule has 0 radical (unpaired) electrons. The molecular formula is C39H47N7O5. The molecule has 12 heteroatoms. The first-order chi connectivity index (χ1) is 24.7. The summed E-state index contributed by atoms with van der Waals surface area (Å²) in [6.45, 7) is 6.05. The first kappa shape index (κ1) is 34.6. The summed E-state index contributed by atoms with van der Waals surface area (Å²) in [5.74, 6) is 0.214. The van der Waals surface area contributed by atoms with Crippen molar-refractivity contribution in [1.82, 2.24) is 25.0 Å². The zero-order chi connectivity index (χ0) is 35.6. The van der Waals surface area contributed by atoms with Gasteiger partial charge in [-0.15, -0.1) is 0 Å². The van der Waals surface area contributed by atoms with Crippen molar-refractivity contribution in [2.75, 3.05) is 63.6 Å². The average Bonchev–Trinajstić information content (AvgIpc) is 3.68. The SMILES string of the molecule is CCC1(C(=O)N(CC(=O)Nc2ccc3c(c2)C[C@@]2(C3)C(=O)Nc3ncccc32)Cc2ccccc2CNC)CCN(C(=O)N2CCOCC2)CC1. The van der Waals surface area contributed by atoms with Crippen molar-refractivity contribution < 1.29 is 23.9 Å². The molecule has 2 saturated heterocycles. The number of anilines is 2. The van der Waals surface area contributed by atoms with Crippen LogP contribution in [0.25, 0.3) is 0 Å². The van der Waals surface area contributed by atoms with Gasteiger partial charge in [0.1, 0.15) is 12.4 Å². The highest BCUT2D eigenvalue weighted by Gasteiger charge is 2.51. The van der Waals surface area contributed by atoms with Crippen molar-refractivity contribution >= 4 is 35.3 Å². The van der Waals surface area contributed by atoms with Gasteiger partial charge in [-0.2, -0.15) is 0 Å². The van der Waals surface area contributed by atoms with Crippen molar-refractivity contribution in [2.45, 2.75) is 57.5 Å². The van der Waals surface area contributed by atoms with Gasteiger partial charge in [0, 0.05) is 56.7 Å². The lowest BCUT2D eigenvalue weighted by Gasteiger charge is -2.44. The lowest BCUT2D eigenvalue weighted by molar-refractivity contribution is -0.147. The molecule has 51 heavy (non-hydrogen) atoms. The number of urea groups is 1. The number of aromatic nitrogens is 1. The van der Waals surface area contributed by atoms with E-state index >= 15 is 0 Å². The highest BCUT2D eigenvalue weighted by Crippen LogP contribution is 2.47. The van der Waals surface area contributed by atoms with Gasteiger partial charge in [0.2, 0.25) is 17.7 Å². The number of amides is 5. The van der Waals surface area contributed by atoms with Crippen LogP contribution in [0.15, 0.2) is 60.8 Å². The molecular weight excluding hydrogens is 646 g/mol. The molecule has 7 rings (SSSR count). The number of carbonyl (C=O) groups excluding carboxylic acids is 4. The Morgan fingerprint density at radius 1 is 0.941 bits per heavy atom. The second kappa shape index (κ2) is 14.4. The number of fused-ring (bicyclic) bond motifs is 3. The Morgan fingerprint density at radius 3 is 2.41 bits per heavy atom. The van der Waals surface area contributed by atoms with Gasteiger partial charge in [0.05, 0.1) is 24.0 Å². The van der Waals surface area contributed by atoms with E-state index < -0.39 is 10.8 Å². The summed E-state index contributed by atoms with van der Waals surface area (Å²) in [4.78, 5) is 64.7. The summed E-state index contributed by atoms with van der Waals surface area (Å²) < 4.78 is 5.43. The van der Waals surface area contributed by atoms with Crippen LogP contribution in [-0.2, 0) is 50.5 Å². The van der Waals surface area contributed by atoms with Crippen LogP contribution < -0.4 is 16.0 Å². The molecule has 1 aromatic heterocycles. The Labute approximate surface area is 298 Å². The molecule has 2 aromatic carbocycles. The smallest absolute Gasteiger partial charge is 0.320 e. The summed E-state index contributed by atoms with van der Waals surface area (Å²) >= 11 is 0. The summed E-state index contributed by atoms with van der Waals surface area (Å²) in [6, 6.07) is 17.6. The highest BCUT2D eigenvalue weighted by molar-refractivity contribution is 6.06. The molecule has 1 aliphatic carbocycles. The van der Waals surface area contributed by atoms with Gasteiger partial charge < -0.3 is 35.4 Å². The second-order valence-corrected chi connectivity index (χ2v) is 14.3. The van der Waals surface area contributed by atoms with Crippen LogP contribution >= 0.6 is 0 Å². The number of benzene rings is 2. The summed E-state index contributed by atoms with van der Waals surface area (Å²) in [5.41, 5.74) is 4.28. The van der Waals surface area contributed by atoms with E-state index in [2.05, 4.69) is 20.9 Å². The molecule has 0 saturated carbocycles. The van der Waals surface area contributed by atoms with Crippen molar-refractivity contribution in [3.63, 3.8) is 0 Å². The third-order valence-electron chi connectivity index (χ3n) is 11.3. The van der Waals surface area contributed by atoms with Gasteiger partial charge >= 0.3 is 6.03 Å². The van der Waals surface area contributed by atoms with E-state index in [1.165, 1.54) is 0 Å². The van der Waals surface area contributed by atoms with Crippen LogP contribution in [0.3, 0.4) is 0 Å². The van der Waals surface area contributed by atoms with E-state index in [1.54, 1.807) is 11.1 Å². The lowest BCUT2D eigenvalue weighted by atomic mass is 9.74. The molecule has 2 fully saturated rings. The van der Waals surface area contributed by atoms with E-state index in [0.717, 1.165) is 27.8 Å². The van der Waals surface area contributed by atoms with Gasteiger partial charge in [-0.3, -0.25) is 14.4 Å². The fourth-order valence-electron chi connectivity index (χ4n) is 8.33. The van der Waals surface area contributed by atoms with E-state index in [1.807, 2.05) is 78.4 Å². The number of hydrogen-bond acceptors (Lipinski definition) is 7. The minimum Gasteiger partial charge on any atom is -0.378 e. The molecule has 12 nitrogen and oxygen atoms in total. The van der Waals surface area contributed by atoms with E-state index in [0.29, 0.717) is 89.5 Å². The number of morpholine rings is 1.